The molecule has 8 nitrogen and oxygen atoms in total. The molecule has 15 heavy (non-hydrogen) atoms. The van der Waals surface area contributed by atoms with E-state index in [0.29, 0.717) is 5.06 Å². The highest BCUT2D eigenvalue weighted by Gasteiger charge is 2.48. The summed E-state index contributed by atoms with van der Waals surface area (Å²) in [5, 5.41) is 46.0. The van der Waals surface area contributed by atoms with E-state index in [9.17, 15) is 20.1 Å². The second-order valence-corrected chi connectivity index (χ2v) is 3.33. The lowest BCUT2D eigenvalue weighted by molar-refractivity contribution is -0.305. The fraction of sp³-hybridized carbons (Fsp3) is 0.857. The SMILES string of the molecule is CN(O)C1OC(C(=O)O)C(O)C(O)C1O. The number of aliphatic hydroxyl groups excluding tert-OH is 3. The van der Waals surface area contributed by atoms with Gasteiger partial charge in [0.1, 0.15) is 18.3 Å². The number of rotatable bonds is 2. The predicted octanol–water partition coefficient (Wildman–Crippen LogP) is -2.80. The summed E-state index contributed by atoms with van der Waals surface area (Å²) >= 11 is 0. The molecule has 5 N–H and O–H groups in total. The third-order valence-corrected chi connectivity index (χ3v) is 2.20. The monoisotopic (exact) mass is 223 g/mol. The molecular formula is C7H13NO7. The van der Waals surface area contributed by atoms with Crippen LogP contribution in [0.4, 0.5) is 0 Å². The van der Waals surface area contributed by atoms with Gasteiger partial charge in [0.15, 0.2) is 12.3 Å². The van der Waals surface area contributed by atoms with Gasteiger partial charge in [0.2, 0.25) is 0 Å². The van der Waals surface area contributed by atoms with Crippen molar-refractivity contribution in [1.29, 1.82) is 0 Å². The fourth-order valence-electron chi connectivity index (χ4n) is 1.37. The van der Waals surface area contributed by atoms with Crippen molar-refractivity contribution in [3.05, 3.63) is 0 Å². The molecule has 1 rings (SSSR count). The number of carbonyl (C=O) groups is 1. The molecule has 0 amide bonds. The smallest absolute Gasteiger partial charge is 0.335 e. The minimum Gasteiger partial charge on any atom is -0.479 e. The van der Waals surface area contributed by atoms with Gasteiger partial charge in [-0.1, -0.05) is 0 Å². The first-order valence-corrected chi connectivity index (χ1v) is 4.20. The zero-order valence-corrected chi connectivity index (χ0v) is 7.89. The van der Waals surface area contributed by atoms with Crippen LogP contribution < -0.4 is 0 Å². The normalized spacial score (nSPS) is 41.9. The van der Waals surface area contributed by atoms with Crippen LogP contribution in [0.2, 0.25) is 0 Å². The summed E-state index contributed by atoms with van der Waals surface area (Å²) < 4.78 is 4.72. The maximum atomic E-state index is 10.6. The second-order valence-electron chi connectivity index (χ2n) is 3.33. The number of aliphatic hydroxyl groups is 3. The number of hydroxylamine groups is 2. The van der Waals surface area contributed by atoms with Gasteiger partial charge in [0, 0.05) is 7.05 Å². The van der Waals surface area contributed by atoms with Gasteiger partial charge >= 0.3 is 5.97 Å². The summed E-state index contributed by atoms with van der Waals surface area (Å²) in [6, 6.07) is 0. The summed E-state index contributed by atoms with van der Waals surface area (Å²) in [5.74, 6) is -1.49. The second kappa shape index (κ2) is 4.39. The Kier molecular flexibility index (Phi) is 3.60. The van der Waals surface area contributed by atoms with Crippen LogP contribution in [0.15, 0.2) is 0 Å². The van der Waals surface area contributed by atoms with Gasteiger partial charge < -0.3 is 30.4 Å². The van der Waals surface area contributed by atoms with Crippen molar-refractivity contribution in [3.63, 3.8) is 0 Å². The van der Waals surface area contributed by atoms with Crippen LogP contribution in [0, 0.1) is 0 Å². The highest BCUT2D eigenvalue weighted by molar-refractivity contribution is 5.73. The molecule has 0 spiro atoms. The van der Waals surface area contributed by atoms with E-state index in [-0.39, 0.29) is 0 Å². The molecule has 0 aromatic carbocycles. The van der Waals surface area contributed by atoms with Gasteiger partial charge in [0.05, 0.1) is 0 Å². The van der Waals surface area contributed by atoms with Crippen molar-refractivity contribution in [1.82, 2.24) is 5.06 Å². The van der Waals surface area contributed by atoms with Gasteiger partial charge in [-0.3, -0.25) is 0 Å². The minimum absolute atomic E-state index is 0.426. The van der Waals surface area contributed by atoms with Crippen LogP contribution in [0.5, 0.6) is 0 Å². The summed E-state index contributed by atoms with van der Waals surface area (Å²) in [4.78, 5) is 10.6. The van der Waals surface area contributed by atoms with E-state index in [1.165, 1.54) is 0 Å². The van der Waals surface area contributed by atoms with E-state index in [2.05, 4.69) is 0 Å². The van der Waals surface area contributed by atoms with E-state index >= 15 is 0 Å². The van der Waals surface area contributed by atoms with Crippen molar-refractivity contribution >= 4 is 5.97 Å². The Morgan fingerprint density at radius 2 is 1.73 bits per heavy atom. The van der Waals surface area contributed by atoms with Crippen LogP contribution in [0.3, 0.4) is 0 Å². The van der Waals surface area contributed by atoms with Gasteiger partial charge in [-0.05, 0) is 0 Å². The highest BCUT2D eigenvalue weighted by atomic mass is 16.6. The Balaban J connectivity index is 2.85. The molecule has 8 heteroatoms. The summed E-state index contributed by atoms with van der Waals surface area (Å²) in [6.07, 6.45) is -8.12. The van der Waals surface area contributed by atoms with Crippen molar-refractivity contribution in [2.45, 2.75) is 30.6 Å². The average Bonchev–Trinajstić information content (AvgIpc) is 2.13. The van der Waals surface area contributed by atoms with E-state index in [4.69, 9.17) is 15.1 Å². The van der Waals surface area contributed by atoms with Gasteiger partial charge in [-0.2, -0.15) is 5.06 Å². The molecule has 1 aliphatic heterocycles. The Labute approximate surface area is 84.9 Å². The molecule has 1 saturated heterocycles. The topological polar surface area (TPSA) is 131 Å². The number of nitrogens with zero attached hydrogens (tertiary/aromatic N) is 1. The Morgan fingerprint density at radius 1 is 1.20 bits per heavy atom. The predicted molar refractivity (Wildman–Crippen MR) is 43.9 cm³/mol. The molecule has 0 radical (unpaired) electrons. The number of hydrogen-bond donors (Lipinski definition) is 5. The fourth-order valence-corrected chi connectivity index (χ4v) is 1.37. The molecule has 1 heterocycles. The zero-order chi connectivity index (χ0) is 11.7. The molecule has 0 bridgehead atoms. The van der Waals surface area contributed by atoms with E-state index in [0.717, 1.165) is 7.05 Å². The largest absolute Gasteiger partial charge is 0.479 e. The third-order valence-electron chi connectivity index (χ3n) is 2.20. The summed E-state index contributed by atoms with van der Waals surface area (Å²) in [6.45, 7) is 0. The standard InChI is InChI=1S/C7H13NO7/c1-8(14)6-4(11)2(9)3(10)5(15-6)7(12)13/h2-6,9-11,14H,1H3,(H,12,13). The first-order chi connectivity index (χ1) is 6.86. The number of hydrogen-bond acceptors (Lipinski definition) is 7. The molecule has 0 aromatic heterocycles. The van der Waals surface area contributed by atoms with E-state index < -0.39 is 36.6 Å². The molecule has 1 aliphatic rings. The number of aliphatic carboxylic acids is 1. The highest BCUT2D eigenvalue weighted by Crippen LogP contribution is 2.22. The molecule has 1 fully saturated rings. The molecule has 5 unspecified atom stereocenters. The van der Waals surface area contributed by atoms with Crippen molar-refractivity contribution in [2.24, 2.45) is 0 Å². The number of carboxylic acid groups (broad SMARTS) is 1. The van der Waals surface area contributed by atoms with E-state index in [1.54, 1.807) is 0 Å². The van der Waals surface area contributed by atoms with Gasteiger partial charge in [-0.15, -0.1) is 0 Å². The summed E-state index contributed by atoms with van der Waals surface area (Å²) in [7, 11) is 1.12. The first-order valence-electron chi connectivity index (χ1n) is 4.20. The lowest BCUT2D eigenvalue weighted by atomic mass is 9.98. The van der Waals surface area contributed by atoms with Crippen molar-refractivity contribution in [2.75, 3.05) is 7.05 Å². The van der Waals surface area contributed by atoms with E-state index in [1.807, 2.05) is 0 Å². The number of ether oxygens (including phenoxy) is 1. The molecule has 88 valence electrons. The van der Waals surface area contributed by atoms with Crippen LogP contribution >= 0.6 is 0 Å². The Morgan fingerprint density at radius 3 is 2.13 bits per heavy atom. The third kappa shape index (κ3) is 2.25. The van der Waals surface area contributed by atoms with Crippen LogP contribution in [-0.4, -0.2) is 74.4 Å². The molecular weight excluding hydrogens is 210 g/mol. The van der Waals surface area contributed by atoms with Gasteiger partial charge in [-0.25, -0.2) is 4.79 Å². The van der Waals surface area contributed by atoms with Crippen LogP contribution in [0.25, 0.3) is 0 Å². The van der Waals surface area contributed by atoms with Crippen molar-refractivity contribution < 1.29 is 35.2 Å². The van der Waals surface area contributed by atoms with Crippen LogP contribution in [-0.2, 0) is 9.53 Å². The number of carboxylic acids is 1. The Bertz CT molecular complexity index is 245. The van der Waals surface area contributed by atoms with Crippen molar-refractivity contribution in [3.8, 4) is 0 Å². The minimum atomic E-state index is -1.74. The molecule has 0 saturated carbocycles. The zero-order valence-electron chi connectivity index (χ0n) is 7.89. The molecule has 5 atom stereocenters. The quantitative estimate of drug-likeness (QED) is 0.317. The first kappa shape index (κ1) is 12.3. The lowest BCUT2D eigenvalue weighted by Crippen LogP contribution is -2.63. The lowest BCUT2D eigenvalue weighted by Gasteiger charge is -2.40. The maximum absolute atomic E-state index is 10.6. The Hall–Kier alpha value is -0.770. The molecule has 0 aromatic rings. The van der Waals surface area contributed by atoms with Crippen LogP contribution in [0.1, 0.15) is 0 Å². The maximum Gasteiger partial charge on any atom is 0.335 e. The molecule has 0 aliphatic carbocycles. The number of likely N-dealkylation sites (N-methyl/N-ethyl adjacent to an activating group) is 1. The summed E-state index contributed by atoms with van der Waals surface area (Å²) in [5.41, 5.74) is 0. The van der Waals surface area contributed by atoms with Gasteiger partial charge in [0.25, 0.3) is 0 Å². The average molecular weight is 223 g/mol.